The van der Waals surface area contributed by atoms with Gasteiger partial charge in [0.25, 0.3) is 0 Å². The zero-order valence-corrected chi connectivity index (χ0v) is 9.97. The molecule has 0 spiro atoms. The molecule has 1 aromatic heterocycles. The molecule has 4 heteroatoms. The summed E-state index contributed by atoms with van der Waals surface area (Å²) in [4.78, 5) is 3.95. The predicted octanol–water partition coefficient (Wildman–Crippen LogP) is 2.08. The lowest BCUT2D eigenvalue weighted by molar-refractivity contribution is 0.107. The van der Waals surface area contributed by atoms with E-state index in [0.29, 0.717) is 13.2 Å². The van der Waals surface area contributed by atoms with E-state index in [9.17, 15) is 0 Å². The Bertz CT molecular complexity index is 508. The number of rotatable bonds is 5. The van der Waals surface area contributed by atoms with Gasteiger partial charge in [0.15, 0.2) is 0 Å². The molecule has 1 aromatic carbocycles. The molecule has 0 saturated heterocycles. The minimum absolute atomic E-state index is 0.0826. The van der Waals surface area contributed by atoms with E-state index in [1.54, 1.807) is 12.4 Å². The second-order valence-electron chi connectivity index (χ2n) is 3.96. The maximum atomic E-state index is 7.30. The van der Waals surface area contributed by atoms with Gasteiger partial charge in [0, 0.05) is 18.0 Å². The zero-order valence-electron chi connectivity index (χ0n) is 9.97. The van der Waals surface area contributed by atoms with E-state index in [1.807, 2.05) is 36.4 Å². The molecular formula is C14H15N3O. The minimum Gasteiger partial charge on any atom is -0.384 e. The molecule has 0 aliphatic rings. The molecule has 2 aromatic rings. The molecule has 0 saturated carbocycles. The SMILES string of the molecule is N=C(N)c1ccc(COCc2ccncc2)cc1. The Morgan fingerprint density at radius 1 is 1.00 bits per heavy atom. The van der Waals surface area contributed by atoms with Gasteiger partial charge in [-0.1, -0.05) is 24.3 Å². The highest BCUT2D eigenvalue weighted by Crippen LogP contribution is 2.07. The van der Waals surface area contributed by atoms with Crippen LogP contribution in [0.3, 0.4) is 0 Å². The number of aromatic nitrogens is 1. The van der Waals surface area contributed by atoms with Crippen LogP contribution < -0.4 is 5.73 Å². The smallest absolute Gasteiger partial charge is 0.122 e. The fourth-order valence-corrected chi connectivity index (χ4v) is 1.55. The summed E-state index contributed by atoms with van der Waals surface area (Å²) >= 11 is 0. The number of pyridine rings is 1. The van der Waals surface area contributed by atoms with Crippen LogP contribution in [0.2, 0.25) is 0 Å². The van der Waals surface area contributed by atoms with Gasteiger partial charge in [0.2, 0.25) is 0 Å². The first kappa shape index (κ1) is 12.3. The van der Waals surface area contributed by atoms with Crippen LogP contribution in [0.25, 0.3) is 0 Å². The Labute approximate surface area is 106 Å². The van der Waals surface area contributed by atoms with E-state index >= 15 is 0 Å². The topological polar surface area (TPSA) is 72.0 Å². The van der Waals surface area contributed by atoms with Gasteiger partial charge in [-0.15, -0.1) is 0 Å². The number of ether oxygens (including phenoxy) is 1. The number of benzene rings is 1. The van der Waals surface area contributed by atoms with Crippen LogP contribution in [0, 0.1) is 5.41 Å². The molecule has 0 atom stereocenters. The summed E-state index contributed by atoms with van der Waals surface area (Å²) in [5, 5.41) is 7.30. The molecule has 3 N–H and O–H groups in total. The molecule has 92 valence electrons. The molecule has 0 aliphatic carbocycles. The van der Waals surface area contributed by atoms with E-state index in [4.69, 9.17) is 15.9 Å². The maximum absolute atomic E-state index is 7.30. The highest BCUT2D eigenvalue weighted by atomic mass is 16.5. The van der Waals surface area contributed by atoms with Crippen LogP contribution in [0.1, 0.15) is 16.7 Å². The number of hydrogen-bond acceptors (Lipinski definition) is 3. The normalized spacial score (nSPS) is 10.2. The first-order chi connectivity index (χ1) is 8.75. The number of hydrogen-bond donors (Lipinski definition) is 2. The molecule has 0 fully saturated rings. The average Bonchev–Trinajstić information content (AvgIpc) is 2.40. The molecule has 0 radical (unpaired) electrons. The van der Waals surface area contributed by atoms with Gasteiger partial charge in [-0.3, -0.25) is 10.4 Å². The lowest BCUT2D eigenvalue weighted by Gasteiger charge is -2.05. The molecule has 2 rings (SSSR count). The van der Waals surface area contributed by atoms with E-state index < -0.39 is 0 Å². The number of nitrogen functional groups attached to an aromatic ring is 1. The van der Waals surface area contributed by atoms with Crippen molar-refractivity contribution in [2.24, 2.45) is 5.73 Å². The third-order valence-electron chi connectivity index (χ3n) is 2.55. The summed E-state index contributed by atoms with van der Waals surface area (Å²) < 4.78 is 5.59. The fraction of sp³-hybridized carbons (Fsp3) is 0.143. The van der Waals surface area contributed by atoms with Crippen molar-refractivity contribution in [3.63, 3.8) is 0 Å². The number of nitrogens with zero attached hydrogens (tertiary/aromatic N) is 1. The monoisotopic (exact) mass is 241 g/mol. The Balaban J connectivity index is 1.85. The average molecular weight is 241 g/mol. The molecule has 1 heterocycles. The lowest BCUT2D eigenvalue weighted by atomic mass is 10.1. The molecular weight excluding hydrogens is 226 g/mol. The summed E-state index contributed by atoms with van der Waals surface area (Å²) in [6, 6.07) is 11.4. The maximum Gasteiger partial charge on any atom is 0.122 e. The molecule has 18 heavy (non-hydrogen) atoms. The Morgan fingerprint density at radius 2 is 1.56 bits per heavy atom. The van der Waals surface area contributed by atoms with Crippen LogP contribution in [-0.4, -0.2) is 10.8 Å². The van der Waals surface area contributed by atoms with E-state index in [0.717, 1.165) is 16.7 Å². The Kier molecular flexibility index (Phi) is 4.04. The van der Waals surface area contributed by atoms with Crippen molar-refractivity contribution in [3.8, 4) is 0 Å². The molecule has 0 amide bonds. The minimum atomic E-state index is 0.0826. The number of nitrogens with one attached hydrogen (secondary N) is 1. The summed E-state index contributed by atoms with van der Waals surface area (Å²) in [5.41, 5.74) is 8.28. The van der Waals surface area contributed by atoms with Crippen molar-refractivity contribution < 1.29 is 4.74 Å². The van der Waals surface area contributed by atoms with E-state index in [2.05, 4.69) is 4.98 Å². The van der Waals surface area contributed by atoms with Crippen LogP contribution in [-0.2, 0) is 18.0 Å². The molecule has 0 bridgehead atoms. The van der Waals surface area contributed by atoms with Crippen molar-refractivity contribution >= 4 is 5.84 Å². The van der Waals surface area contributed by atoms with Gasteiger partial charge < -0.3 is 10.5 Å². The van der Waals surface area contributed by atoms with E-state index in [1.165, 1.54) is 0 Å². The first-order valence-electron chi connectivity index (χ1n) is 5.65. The van der Waals surface area contributed by atoms with Crippen molar-refractivity contribution in [3.05, 3.63) is 65.5 Å². The quantitative estimate of drug-likeness (QED) is 0.622. The second-order valence-corrected chi connectivity index (χ2v) is 3.96. The predicted molar refractivity (Wildman–Crippen MR) is 70.2 cm³/mol. The largest absolute Gasteiger partial charge is 0.384 e. The molecule has 0 unspecified atom stereocenters. The van der Waals surface area contributed by atoms with Gasteiger partial charge in [0.05, 0.1) is 13.2 Å². The summed E-state index contributed by atoms with van der Waals surface area (Å²) in [5.74, 6) is 0.0826. The highest BCUT2D eigenvalue weighted by Gasteiger charge is 1.98. The summed E-state index contributed by atoms with van der Waals surface area (Å²) in [7, 11) is 0. The van der Waals surface area contributed by atoms with Crippen LogP contribution in [0.4, 0.5) is 0 Å². The van der Waals surface area contributed by atoms with Gasteiger partial charge >= 0.3 is 0 Å². The van der Waals surface area contributed by atoms with Gasteiger partial charge in [-0.05, 0) is 23.3 Å². The first-order valence-corrected chi connectivity index (χ1v) is 5.65. The molecule has 4 nitrogen and oxygen atoms in total. The third-order valence-corrected chi connectivity index (χ3v) is 2.55. The van der Waals surface area contributed by atoms with Crippen LogP contribution >= 0.6 is 0 Å². The van der Waals surface area contributed by atoms with E-state index in [-0.39, 0.29) is 5.84 Å². The Morgan fingerprint density at radius 3 is 2.11 bits per heavy atom. The van der Waals surface area contributed by atoms with Crippen molar-refractivity contribution in [1.29, 1.82) is 5.41 Å². The summed E-state index contributed by atoms with van der Waals surface area (Å²) in [6.45, 7) is 1.11. The number of amidine groups is 1. The van der Waals surface area contributed by atoms with Gasteiger partial charge in [-0.2, -0.15) is 0 Å². The van der Waals surface area contributed by atoms with Crippen LogP contribution in [0.15, 0.2) is 48.8 Å². The van der Waals surface area contributed by atoms with Gasteiger partial charge in [0.1, 0.15) is 5.84 Å². The third kappa shape index (κ3) is 3.40. The standard InChI is InChI=1S/C14H15N3O/c15-14(16)13-3-1-11(2-4-13)9-18-10-12-5-7-17-8-6-12/h1-8H,9-10H2,(H3,15,16). The number of nitrogens with two attached hydrogens (primary N) is 1. The Hall–Kier alpha value is -2.20. The highest BCUT2D eigenvalue weighted by molar-refractivity contribution is 5.94. The molecule has 0 aliphatic heterocycles. The summed E-state index contributed by atoms with van der Waals surface area (Å²) in [6.07, 6.45) is 3.50. The van der Waals surface area contributed by atoms with Crippen molar-refractivity contribution in [2.75, 3.05) is 0 Å². The van der Waals surface area contributed by atoms with Crippen molar-refractivity contribution in [2.45, 2.75) is 13.2 Å². The van der Waals surface area contributed by atoms with Crippen LogP contribution in [0.5, 0.6) is 0 Å². The zero-order chi connectivity index (χ0) is 12.8. The van der Waals surface area contributed by atoms with Gasteiger partial charge in [-0.25, -0.2) is 0 Å². The lowest BCUT2D eigenvalue weighted by Crippen LogP contribution is -2.10. The van der Waals surface area contributed by atoms with Crippen molar-refractivity contribution in [1.82, 2.24) is 4.98 Å². The fourth-order valence-electron chi connectivity index (χ4n) is 1.55. The second kappa shape index (κ2) is 5.93.